The van der Waals surface area contributed by atoms with Crippen molar-refractivity contribution in [3.8, 4) is 0 Å². The highest BCUT2D eigenvalue weighted by atomic mass is 35.5. The Hall–Kier alpha value is -1.49. The van der Waals surface area contributed by atoms with Crippen LogP contribution in [0.1, 0.15) is 19.5 Å². The first-order chi connectivity index (χ1) is 6.59. The van der Waals surface area contributed by atoms with E-state index in [1.807, 2.05) is 13.8 Å². The standard InChI is InChI=1S/C8H10ClN5/c1-5(2)13-14-8(10)6-3-11-4-7(9)12-6/h3-4H,1-2H3,(H2,10,14). The molecule has 0 fully saturated rings. The van der Waals surface area contributed by atoms with E-state index >= 15 is 0 Å². The van der Waals surface area contributed by atoms with E-state index in [0.717, 1.165) is 5.71 Å². The largest absolute Gasteiger partial charge is 0.380 e. The number of nitrogens with two attached hydrogens (primary N) is 1. The molecule has 1 rings (SSSR count). The Balaban J connectivity index is 2.95. The number of aromatic nitrogens is 2. The molecule has 1 aromatic heterocycles. The van der Waals surface area contributed by atoms with Crippen LogP contribution in [0.4, 0.5) is 0 Å². The molecule has 0 aliphatic rings. The fraction of sp³-hybridized carbons (Fsp3) is 0.250. The molecule has 0 bridgehead atoms. The molecule has 0 aliphatic carbocycles. The number of amidine groups is 1. The number of hydrogen-bond acceptors (Lipinski definition) is 4. The van der Waals surface area contributed by atoms with Gasteiger partial charge in [0, 0.05) is 5.71 Å². The molecule has 0 saturated carbocycles. The lowest BCUT2D eigenvalue weighted by molar-refractivity contribution is 1.14. The normalized spacial score (nSPS) is 11.2. The molecule has 0 saturated heterocycles. The van der Waals surface area contributed by atoms with Crippen molar-refractivity contribution in [1.29, 1.82) is 0 Å². The van der Waals surface area contributed by atoms with Gasteiger partial charge in [0.2, 0.25) is 0 Å². The van der Waals surface area contributed by atoms with Crippen LogP contribution in [-0.2, 0) is 0 Å². The minimum atomic E-state index is 0.196. The first kappa shape index (κ1) is 10.6. The molecule has 0 radical (unpaired) electrons. The summed E-state index contributed by atoms with van der Waals surface area (Å²) in [5.74, 6) is 0.196. The number of hydrogen-bond donors (Lipinski definition) is 1. The van der Waals surface area contributed by atoms with Crippen LogP contribution < -0.4 is 5.73 Å². The molecule has 1 heterocycles. The Bertz CT molecular complexity index is 381. The van der Waals surface area contributed by atoms with Crippen LogP contribution in [0.2, 0.25) is 5.15 Å². The minimum Gasteiger partial charge on any atom is -0.380 e. The minimum absolute atomic E-state index is 0.196. The summed E-state index contributed by atoms with van der Waals surface area (Å²) < 4.78 is 0. The van der Waals surface area contributed by atoms with Crippen molar-refractivity contribution in [3.05, 3.63) is 23.2 Å². The van der Waals surface area contributed by atoms with Gasteiger partial charge in [0.25, 0.3) is 0 Å². The maximum atomic E-state index is 5.63. The molecule has 0 amide bonds. The zero-order valence-corrected chi connectivity index (χ0v) is 8.65. The summed E-state index contributed by atoms with van der Waals surface area (Å²) in [6.07, 6.45) is 2.90. The van der Waals surface area contributed by atoms with E-state index < -0.39 is 0 Å². The van der Waals surface area contributed by atoms with Gasteiger partial charge in [-0.1, -0.05) is 11.6 Å². The van der Waals surface area contributed by atoms with E-state index in [9.17, 15) is 0 Å². The zero-order chi connectivity index (χ0) is 10.6. The fourth-order valence-corrected chi connectivity index (χ4v) is 0.818. The molecule has 0 atom stereocenters. The maximum absolute atomic E-state index is 5.63. The summed E-state index contributed by atoms with van der Waals surface area (Å²) >= 11 is 5.63. The Morgan fingerprint density at radius 3 is 2.64 bits per heavy atom. The summed E-state index contributed by atoms with van der Waals surface area (Å²) in [5, 5.41) is 7.83. The Morgan fingerprint density at radius 2 is 2.07 bits per heavy atom. The summed E-state index contributed by atoms with van der Waals surface area (Å²) in [5.41, 5.74) is 6.82. The van der Waals surface area contributed by atoms with E-state index in [1.54, 1.807) is 0 Å². The lowest BCUT2D eigenvalue weighted by Gasteiger charge is -1.96. The summed E-state index contributed by atoms with van der Waals surface area (Å²) in [6.45, 7) is 3.64. The van der Waals surface area contributed by atoms with E-state index in [4.69, 9.17) is 17.3 Å². The van der Waals surface area contributed by atoms with Crippen molar-refractivity contribution >= 4 is 23.1 Å². The summed E-state index contributed by atoms with van der Waals surface area (Å²) in [7, 11) is 0. The smallest absolute Gasteiger partial charge is 0.173 e. The molecule has 2 N–H and O–H groups in total. The molecular formula is C8H10ClN5. The monoisotopic (exact) mass is 211 g/mol. The Morgan fingerprint density at radius 1 is 1.36 bits per heavy atom. The van der Waals surface area contributed by atoms with Crippen LogP contribution in [0, 0.1) is 0 Å². The van der Waals surface area contributed by atoms with Gasteiger partial charge in [-0.25, -0.2) is 4.98 Å². The van der Waals surface area contributed by atoms with E-state index in [-0.39, 0.29) is 11.0 Å². The van der Waals surface area contributed by atoms with Gasteiger partial charge < -0.3 is 5.73 Å². The lowest BCUT2D eigenvalue weighted by Crippen LogP contribution is -2.15. The van der Waals surface area contributed by atoms with Crippen LogP contribution in [-0.4, -0.2) is 21.5 Å². The Labute approximate surface area is 86.7 Å². The van der Waals surface area contributed by atoms with Gasteiger partial charge in [-0.15, -0.1) is 5.10 Å². The van der Waals surface area contributed by atoms with Crippen LogP contribution in [0.25, 0.3) is 0 Å². The SMILES string of the molecule is CC(C)=N/N=C(\N)c1cncc(Cl)n1. The van der Waals surface area contributed by atoms with Gasteiger partial charge in [0.15, 0.2) is 5.84 Å². The fourth-order valence-electron chi connectivity index (χ4n) is 0.671. The van der Waals surface area contributed by atoms with Crippen molar-refractivity contribution in [1.82, 2.24) is 9.97 Å². The second-order valence-electron chi connectivity index (χ2n) is 2.76. The van der Waals surface area contributed by atoms with Crippen LogP contribution >= 0.6 is 11.6 Å². The molecule has 5 nitrogen and oxygen atoms in total. The molecular weight excluding hydrogens is 202 g/mol. The highest BCUT2D eigenvalue weighted by Gasteiger charge is 2.00. The van der Waals surface area contributed by atoms with Crippen molar-refractivity contribution in [2.45, 2.75) is 13.8 Å². The number of nitrogens with zero attached hydrogens (tertiary/aromatic N) is 4. The van der Waals surface area contributed by atoms with Crippen LogP contribution in [0.5, 0.6) is 0 Å². The van der Waals surface area contributed by atoms with Gasteiger partial charge in [-0.05, 0) is 13.8 Å². The molecule has 0 aliphatic heterocycles. The summed E-state index contributed by atoms with van der Waals surface area (Å²) in [6, 6.07) is 0. The first-order valence-corrected chi connectivity index (χ1v) is 4.29. The number of halogens is 1. The maximum Gasteiger partial charge on any atom is 0.173 e. The molecule has 1 aromatic rings. The average Bonchev–Trinajstić information content (AvgIpc) is 2.14. The van der Waals surface area contributed by atoms with E-state index in [2.05, 4.69) is 20.2 Å². The number of rotatable bonds is 2. The van der Waals surface area contributed by atoms with Gasteiger partial charge in [-0.3, -0.25) is 4.98 Å². The van der Waals surface area contributed by atoms with Crippen molar-refractivity contribution < 1.29 is 0 Å². The topological polar surface area (TPSA) is 76.5 Å². The third-order valence-electron chi connectivity index (χ3n) is 1.23. The predicted molar refractivity (Wildman–Crippen MR) is 56.5 cm³/mol. The van der Waals surface area contributed by atoms with E-state index in [1.165, 1.54) is 12.4 Å². The Kier molecular flexibility index (Phi) is 3.53. The van der Waals surface area contributed by atoms with Crippen molar-refractivity contribution in [2.75, 3.05) is 0 Å². The van der Waals surface area contributed by atoms with Crippen molar-refractivity contribution in [3.63, 3.8) is 0 Å². The highest BCUT2D eigenvalue weighted by molar-refractivity contribution is 6.29. The van der Waals surface area contributed by atoms with Crippen LogP contribution in [0.15, 0.2) is 22.6 Å². The molecule has 14 heavy (non-hydrogen) atoms. The third kappa shape index (κ3) is 3.10. The second kappa shape index (κ2) is 4.66. The highest BCUT2D eigenvalue weighted by Crippen LogP contribution is 2.02. The summed E-state index contributed by atoms with van der Waals surface area (Å²) in [4.78, 5) is 7.76. The second-order valence-corrected chi connectivity index (χ2v) is 3.15. The van der Waals surface area contributed by atoms with Gasteiger partial charge in [-0.2, -0.15) is 5.10 Å². The quantitative estimate of drug-likeness (QED) is 0.454. The van der Waals surface area contributed by atoms with Gasteiger partial charge in [0.1, 0.15) is 10.8 Å². The molecule has 0 aromatic carbocycles. The first-order valence-electron chi connectivity index (χ1n) is 3.92. The van der Waals surface area contributed by atoms with Crippen molar-refractivity contribution in [2.24, 2.45) is 15.9 Å². The van der Waals surface area contributed by atoms with Crippen LogP contribution in [0.3, 0.4) is 0 Å². The van der Waals surface area contributed by atoms with Gasteiger partial charge >= 0.3 is 0 Å². The zero-order valence-electron chi connectivity index (χ0n) is 7.90. The molecule has 0 unspecified atom stereocenters. The average molecular weight is 212 g/mol. The molecule has 0 spiro atoms. The van der Waals surface area contributed by atoms with E-state index in [0.29, 0.717) is 5.69 Å². The molecule has 74 valence electrons. The predicted octanol–water partition coefficient (Wildman–Crippen LogP) is 1.23. The molecule has 6 heteroatoms. The lowest BCUT2D eigenvalue weighted by atomic mass is 10.4. The third-order valence-corrected chi connectivity index (χ3v) is 1.41. The van der Waals surface area contributed by atoms with Gasteiger partial charge in [0.05, 0.1) is 12.4 Å².